The van der Waals surface area contributed by atoms with Crippen molar-refractivity contribution >= 4 is 29.4 Å². The second-order valence-electron chi connectivity index (χ2n) is 6.37. The molecular weight excluding hydrogens is 380 g/mol. The summed E-state index contributed by atoms with van der Waals surface area (Å²) < 4.78 is 5.07. The standard InChI is InChI=1S/C21H23ClN2O4/c1-14(17-9-6-10-18(22)11-17)23-20(26)13-28-21(27)12-19(24-15(2)25)16-7-4-3-5-8-16/h3-11,14,19H,12-13H2,1-2H3,(H,23,26)(H,24,25)/t14-,19-/m1/s1. The third-order valence-electron chi connectivity index (χ3n) is 4.04. The fourth-order valence-electron chi connectivity index (χ4n) is 2.70. The van der Waals surface area contributed by atoms with E-state index in [1.807, 2.05) is 43.3 Å². The molecule has 0 heterocycles. The Hall–Kier alpha value is -2.86. The molecule has 7 heteroatoms. The Kier molecular flexibility index (Phi) is 8.02. The highest BCUT2D eigenvalue weighted by molar-refractivity contribution is 6.30. The van der Waals surface area contributed by atoms with Crippen molar-refractivity contribution in [1.29, 1.82) is 0 Å². The zero-order valence-corrected chi connectivity index (χ0v) is 16.5. The maximum Gasteiger partial charge on any atom is 0.308 e. The maximum atomic E-state index is 12.1. The SMILES string of the molecule is CC(=O)N[C@H](CC(=O)OCC(=O)N[C@H](C)c1cccc(Cl)c1)c1ccccc1. The van der Waals surface area contributed by atoms with Gasteiger partial charge in [0, 0.05) is 11.9 Å². The van der Waals surface area contributed by atoms with Gasteiger partial charge in [0.1, 0.15) is 0 Å². The number of nitrogens with one attached hydrogen (secondary N) is 2. The number of amides is 2. The molecule has 0 aliphatic heterocycles. The number of carbonyl (C=O) groups is 3. The van der Waals surface area contributed by atoms with E-state index in [1.54, 1.807) is 18.2 Å². The summed E-state index contributed by atoms with van der Waals surface area (Å²) in [5.74, 6) is -1.25. The van der Waals surface area contributed by atoms with Crippen molar-refractivity contribution in [3.8, 4) is 0 Å². The molecule has 0 bridgehead atoms. The van der Waals surface area contributed by atoms with E-state index in [4.69, 9.17) is 16.3 Å². The molecule has 0 spiro atoms. The minimum Gasteiger partial charge on any atom is -0.456 e. The zero-order chi connectivity index (χ0) is 20.5. The van der Waals surface area contributed by atoms with Crippen LogP contribution in [-0.4, -0.2) is 24.4 Å². The first-order valence-electron chi connectivity index (χ1n) is 8.87. The zero-order valence-electron chi connectivity index (χ0n) is 15.8. The molecule has 0 saturated heterocycles. The van der Waals surface area contributed by atoms with E-state index in [1.165, 1.54) is 6.92 Å². The molecule has 0 fully saturated rings. The molecule has 6 nitrogen and oxygen atoms in total. The predicted octanol–water partition coefficient (Wildman–Crippen LogP) is 3.33. The average molecular weight is 403 g/mol. The third-order valence-corrected chi connectivity index (χ3v) is 4.28. The molecule has 0 unspecified atom stereocenters. The van der Waals surface area contributed by atoms with Gasteiger partial charge < -0.3 is 15.4 Å². The van der Waals surface area contributed by atoms with Gasteiger partial charge in [-0.3, -0.25) is 14.4 Å². The van der Waals surface area contributed by atoms with Crippen molar-refractivity contribution in [2.75, 3.05) is 6.61 Å². The van der Waals surface area contributed by atoms with Gasteiger partial charge in [0.2, 0.25) is 5.91 Å². The number of carbonyl (C=O) groups excluding carboxylic acids is 3. The van der Waals surface area contributed by atoms with E-state index in [2.05, 4.69) is 10.6 Å². The number of esters is 1. The van der Waals surface area contributed by atoms with Crippen molar-refractivity contribution in [1.82, 2.24) is 10.6 Å². The van der Waals surface area contributed by atoms with E-state index < -0.39 is 24.5 Å². The number of hydrogen-bond donors (Lipinski definition) is 2. The fraction of sp³-hybridized carbons (Fsp3) is 0.286. The van der Waals surface area contributed by atoms with Gasteiger partial charge >= 0.3 is 5.97 Å². The Morgan fingerprint density at radius 3 is 2.32 bits per heavy atom. The molecule has 0 radical (unpaired) electrons. The van der Waals surface area contributed by atoms with Gasteiger partial charge in [-0.25, -0.2) is 0 Å². The Morgan fingerprint density at radius 2 is 1.68 bits per heavy atom. The lowest BCUT2D eigenvalue weighted by Crippen LogP contribution is -2.32. The van der Waals surface area contributed by atoms with Crippen molar-refractivity contribution in [3.63, 3.8) is 0 Å². The maximum absolute atomic E-state index is 12.1. The largest absolute Gasteiger partial charge is 0.456 e. The summed E-state index contributed by atoms with van der Waals surface area (Å²) in [6.07, 6.45) is -0.0687. The van der Waals surface area contributed by atoms with Gasteiger partial charge in [0.15, 0.2) is 6.61 Å². The molecule has 148 valence electrons. The van der Waals surface area contributed by atoms with Crippen LogP contribution in [-0.2, 0) is 19.1 Å². The van der Waals surface area contributed by atoms with Crippen LogP contribution >= 0.6 is 11.6 Å². The highest BCUT2D eigenvalue weighted by Gasteiger charge is 2.19. The van der Waals surface area contributed by atoms with Gasteiger partial charge in [-0.2, -0.15) is 0 Å². The van der Waals surface area contributed by atoms with Crippen molar-refractivity contribution in [2.24, 2.45) is 0 Å². The molecule has 2 aromatic carbocycles. The lowest BCUT2D eigenvalue weighted by Gasteiger charge is -2.18. The molecular formula is C21H23ClN2O4. The van der Waals surface area contributed by atoms with Gasteiger partial charge in [-0.1, -0.05) is 54.1 Å². The van der Waals surface area contributed by atoms with Crippen LogP contribution in [0.5, 0.6) is 0 Å². The molecule has 28 heavy (non-hydrogen) atoms. The first-order valence-corrected chi connectivity index (χ1v) is 9.25. The number of ether oxygens (including phenoxy) is 1. The number of rotatable bonds is 8. The second-order valence-corrected chi connectivity index (χ2v) is 6.81. The van der Waals surface area contributed by atoms with Gasteiger partial charge in [0.05, 0.1) is 18.5 Å². The Morgan fingerprint density at radius 1 is 1.00 bits per heavy atom. The van der Waals surface area contributed by atoms with Crippen LogP contribution in [0.3, 0.4) is 0 Å². The predicted molar refractivity (Wildman–Crippen MR) is 107 cm³/mol. The summed E-state index contributed by atoms with van der Waals surface area (Å²) >= 11 is 5.95. The van der Waals surface area contributed by atoms with Crippen LogP contribution in [0.15, 0.2) is 54.6 Å². The highest BCUT2D eigenvalue weighted by atomic mass is 35.5. The molecule has 2 rings (SSSR count). The van der Waals surface area contributed by atoms with Crippen LogP contribution < -0.4 is 10.6 Å². The Labute approximate surface area is 169 Å². The van der Waals surface area contributed by atoms with Crippen molar-refractivity contribution in [3.05, 3.63) is 70.7 Å². The lowest BCUT2D eigenvalue weighted by molar-refractivity contribution is -0.149. The van der Waals surface area contributed by atoms with Crippen LogP contribution in [0.25, 0.3) is 0 Å². The molecule has 2 atom stereocenters. The third kappa shape index (κ3) is 7.04. The Bertz CT molecular complexity index is 826. The smallest absolute Gasteiger partial charge is 0.308 e. The minimum atomic E-state index is -0.576. The van der Waals surface area contributed by atoms with Gasteiger partial charge in [0.25, 0.3) is 5.91 Å². The topological polar surface area (TPSA) is 84.5 Å². The first-order chi connectivity index (χ1) is 13.3. The summed E-state index contributed by atoms with van der Waals surface area (Å²) in [4.78, 5) is 35.6. The molecule has 0 saturated carbocycles. The van der Waals surface area contributed by atoms with E-state index >= 15 is 0 Å². The summed E-state index contributed by atoms with van der Waals surface area (Å²) in [5.41, 5.74) is 1.63. The minimum absolute atomic E-state index is 0.0687. The molecule has 2 N–H and O–H groups in total. The summed E-state index contributed by atoms with van der Waals surface area (Å²) in [7, 11) is 0. The van der Waals surface area contributed by atoms with Crippen LogP contribution in [0.1, 0.15) is 43.5 Å². The van der Waals surface area contributed by atoms with Gasteiger partial charge in [-0.05, 0) is 30.2 Å². The molecule has 0 aromatic heterocycles. The van der Waals surface area contributed by atoms with Gasteiger partial charge in [-0.15, -0.1) is 0 Å². The number of hydrogen-bond acceptors (Lipinski definition) is 4. The first kappa shape index (κ1) is 21.4. The van der Waals surface area contributed by atoms with E-state index in [0.29, 0.717) is 5.02 Å². The quantitative estimate of drug-likeness (QED) is 0.663. The number of halogens is 1. The second kappa shape index (κ2) is 10.5. The van der Waals surface area contributed by atoms with Crippen LogP contribution in [0, 0.1) is 0 Å². The van der Waals surface area contributed by atoms with Crippen molar-refractivity contribution < 1.29 is 19.1 Å². The summed E-state index contributed by atoms with van der Waals surface area (Å²) in [5, 5.41) is 6.05. The molecule has 2 aromatic rings. The van der Waals surface area contributed by atoms with E-state index in [9.17, 15) is 14.4 Å². The number of benzene rings is 2. The summed E-state index contributed by atoms with van der Waals surface area (Å²) in [6, 6.07) is 15.5. The fourth-order valence-corrected chi connectivity index (χ4v) is 2.90. The highest BCUT2D eigenvalue weighted by Crippen LogP contribution is 2.18. The monoisotopic (exact) mass is 402 g/mol. The summed E-state index contributed by atoms with van der Waals surface area (Å²) in [6.45, 7) is 2.80. The van der Waals surface area contributed by atoms with Crippen molar-refractivity contribution in [2.45, 2.75) is 32.4 Å². The van der Waals surface area contributed by atoms with E-state index in [-0.39, 0.29) is 18.4 Å². The normalized spacial score (nSPS) is 12.5. The Balaban J connectivity index is 1.86. The van der Waals surface area contributed by atoms with E-state index in [0.717, 1.165) is 11.1 Å². The van der Waals surface area contributed by atoms with Crippen LogP contribution in [0.2, 0.25) is 5.02 Å². The molecule has 0 aliphatic rings. The molecule has 2 amide bonds. The lowest BCUT2D eigenvalue weighted by atomic mass is 10.0. The molecule has 0 aliphatic carbocycles. The average Bonchev–Trinajstić information content (AvgIpc) is 2.66. The van der Waals surface area contributed by atoms with Crippen LogP contribution in [0.4, 0.5) is 0 Å².